The number of halogens is 1. The summed E-state index contributed by atoms with van der Waals surface area (Å²) >= 11 is 3.24. The number of benzene rings is 1. The van der Waals surface area contributed by atoms with E-state index in [-0.39, 0.29) is 18.0 Å². The van der Waals surface area contributed by atoms with E-state index in [1.807, 2.05) is 0 Å². The van der Waals surface area contributed by atoms with E-state index < -0.39 is 0 Å². The van der Waals surface area contributed by atoms with Gasteiger partial charge in [-0.2, -0.15) is 0 Å². The van der Waals surface area contributed by atoms with E-state index in [2.05, 4.69) is 15.9 Å². The summed E-state index contributed by atoms with van der Waals surface area (Å²) in [4.78, 5) is 11.2. The molecule has 0 radical (unpaired) electrons. The van der Waals surface area contributed by atoms with Crippen LogP contribution in [0.25, 0.3) is 0 Å². The summed E-state index contributed by atoms with van der Waals surface area (Å²) in [5.74, 6) is 1.07. The zero-order chi connectivity index (χ0) is 12.4. The Balaban J connectivity index is 2.53. The lowest BCUT2D eigenvalue weighted by molar-refractivity contribution is -0.116. The fourth-order valence-corrected chi connectivity index (χ4v) is 2.19. The minimum absolute atomic E-state index is 0.0338. The molecular weight excluding hydrogens is 288 g/mol. The highest BCUT2D eigenvalue weighted by Gasteiger charge is 2.21. The number of fused-ring (bicyclic) bond motifs is 1. The van der Waals surface area contributed by atoms with Crippen LogP contribution in [-0.2, 0) is 11.2 Å². The number of ether oxygens (including phenoxy) is 2. The SMILES string of the molecule is CC(=O)Cc1c(O)c(Br)cc2c1OCCCO2. The lowest BCUT2D eigenvalue weighted by Crippen LogP contribution is -2.03. The molecule has 0 saturated carbocycles. The molecule has 5 heteroatoms. The zero-order valence-corrected chi connectivity index (χ0v) is 11.0. The number of Topliss-reactive ketones (excluding diaryl/α,β-unsaturated/α-hetero) is 1. The Morgan fingerprint density at radius 2 is 2.18 bits per heavy atom. The van der Waals surface area contributed by atoms with Crippen LogP contribution >= 0.6 is 15.9 Å². The molecule has 0 unspecified atom stereocenters. The number of rotatable bonds is 2. The fraction of sp³-hybridized carbons (Fsp3) is 0.417. The highest BCUT2D eigenvalue weighted by Crippen LogP contribution is 2.43. The zero-order valence-electron chi connectivity index (χ0n) is 9.46. The Labute approximate surface area is 108 Å². The molecule has 1 aromatic carbocycles. The number of hydrogen-bond acceptors (Lipinski definition) is 4. The van der Waals surface area contributed by atoms with Gasteiger partial charge in [-0.1, -0.05) is 0 Å². The van der Waals surface area contributed by atoms with E-state index in [9.17, 15) is 9.90 Å². The van der Waals surface area contributed by atoms with Crippen LogP contribution in [0.15, 0.2) is 10.5 Å². The Hall–Kier alpha value is -1.23. The number of ketones is 1. The smallest absolute Gasteiger partial charge is 0.168 e. The van der Waals surface area contributed by atoms with Crippen molar-refractivity contribution in [3.63, 3.8) is 0 Å². The first-order chi connectivity index (χ1) is 8.09. The van der Waals surface area contributed by atoms with E-state index in [4.69, 9.17) is 9.47 Å². The highest BCUT2D eigenvalue weighted by molar-refractivity contribution is 9.10. The van der Waals surface area contributed by atoms with Gasteiger partial charge in [0.25, 0.3) is 0 Å². The number of carbonyl (C=O) groups is 1. The normalized spacial score (nSPS) is 14.2. The summed E-state index contributed by atoms with van der Waals surface area (Å²) in [6, 6.07) is 1.67. The first-order valence-electron chi connectivity index (χ1n) is 5.39. The second-order valence-electron chi connectivity index (χ2n) is 3.94. The van der Waals surface area contributed by atoms with Crippen LogP contribution in [0.5, 0.6) is 17.2 Å². The lowest BCUT2D eigenvalue weighted by atomic mass is 10.1. The average Bonchev–Trinajstić information content (AvgIpc) is 2.49. The van der Waals surface area contributed by atoms with Gasteiger partial charge in [-0.3, -0.25) is 4.79 Å². The summed E-state index contributed by atoms with van der Waals surface area (Å²) in [5, 5.41) is 9.96. The van der Waals surface area contributed by atoms with Crippen LogP contribution in [-0.4, -0.2) is 24.1 Å². The van der Waals surface area contributed by atoms with Crippen molar-refractivity contribution >= 4 is 21.7 Å². The van der Waals surface area contributed by atoms with Crippen molar-refractivity contribution in [2.45, 2.75) is 19.8 Å². The third-order valence-electron chi connectivity index (χ3n) is 2.49. The van der Waals surface area contributed by atoms with Gasteiger partial charge in [0.05, 0.1) is 17.7 Å². The maximum Gasteiger partial charge on any atom is 0.168 e. The molecule has 4 nitrogen and oxygen atoms in total. The van der Waals surface area contributed by atoms with Crippen LogP contribution in [0.3, 0.4) is 0 Å². The van der Waals surface area contributed by atoms with Crippen molar-refractivity contribution < 1.29 is 19.4 Å². The predicted octanol–water partition coefficient (Wildman–Crippen LogP) is 2.45. The minimum atomic E-state index is -0.0338. The molecule has 17 heavy (non-hydrogen) atoms. The molecule has 0 spiro atoms. The average molecular weight is 301 g/mol. The summed E-state index contributed by atoms with van der Waals surface area (Å²) in [5.41, 5.74) is 0.490. The van der Waals surface area contributed by atoms with Gasteiger partial charge in [-0.05, 0) is 22.9 Å². The van der Waals surface area contributed by atoms with Gasteiger partial charge in [0.15, 0.2) is 11.5 Å². The largest absolute Gasteiger partial charge is 0.506 e. The van der Waals surface area contributed by atoms with Crippen molar-refractivity contribution in [3.05, 3.63) is 16.1 Å². The van der Waals surface area contributed by atoms with Crippen LogP contribution in [0.1, 0.15) is 18.9 Å². The van der Waals surface area contributed by atoms with Gasteiger partial charge in [0.2, 0.25) is 0 Å². The first kappa shape index (κ1) is 12.2. The molecule has 1 aromatic rings. The molecule has 0 atom stereocenters. The molecule has 0 aliphatic carbocycles. The van der Waals surface area contributed by atoms with E-state index in [1.54, 1.807) is 6.07 Å². The monoisotopic (exact) mass is 300 g/mol. The third kappa shape index (κ3) is 2.54. The molecule has 2 rings (SSSR count). The number of hydrogen-bond donors (Lipinski definition) is 1. The third-order valence-corrected chi connectivity index (χ3v) is 3.09. The topological polar surface area (TPSA) is 55.8 Å². The molecule has 0 bridgehead atoms. The predicted molar refractivity (Wildman–Crippen MR) is 65.8 cm³/mol. The molecule has 1 N–H and O–H groups in total. The van der Waals surface area contributed by atoms with Crippen LogP contribution in [0.4, 0.5) is 0 Å². The van der Waals surface area contributed by atoms with Gasteiger partial charge in [-0.25, -0.2) is 0 Å². The Kier molecular flexibility index (Phi) is 3.57. The van der Waals surface area contributed by atoms with Gasteiger partial charge in [-0.15, -0.1) is 0 Å². The van der Waals surface area contributed by atoms with E-state index in [0.29, 0.717) is 34.7 Å². The Morgan fingerprint density at radius 1 is 1.47 bits per heavy atom. The van der Waals surface area contributed by atoms with E-state index in [1.165, 1.54) is 6.92 Å². The van der Waals surface area contributed by atoms with Crippen LogP contribution in [0, 0.1) is 0 Å². The van der Waals surface area contributed by atoms with Crippen molar-refractivity contribution in [3.8, 4) is 17.2 Å². The van der Waals surface area contributed by atoms with Crippen molar-refractivity contribution in [2.75, 3.05) is 13.2 Å². The summed E-state index contributed by atoms with van der Waals surface area (Å²) in [7, 11) is 0. The molecule has 1 aliphatic heterocycles. The van der Waals surface area contributed by atoms with Gasteiger partial charge < -0.3 is 14.6 Å². The van der Waals surface area contributed by atoms with Gasteiger partial charge in [0, 0.05) is 24.5 Å². The number of carbonyl (C=O) groups excluding carboxylic acids is 1. The molecule has 1 aliphatic rings. The van der Waals surface area contributed by atoms with Crippen LogP contribution < -0.4 is 9.47 Å². The van der Waals surface area contributed by atoms with E-state index >= 15 is 0 Å². The van der Waals surface area contributed by atoms with Gasteiger partial charge >= 0.3 is 0 Å². The highest BCUT2D eigenvalue weighted by atomic mass is 79.9. The summed E-state index contributed by atoms with van der Waals surface area (Å²) < 4.78 is 11.6. The van der Waals surface area contributed by atoms with Crippen LogP contribution in [0.2, 0.25) is 0 Å². The Bertz CT molecular complexity index is 456. The minimum Gasteiger partial charge on any atom is -0.506 e. The van der Waals surface area contributed by atoms with Crippen molar-refractivity contribution in [1.82, 2.24) is 0 Å². The summed E-state index contributed by atoms with van der Waals surface area (Å²) in [6.07, 6.45) is 0.920. The second-order valence-corrected chi connectivity index (χ2v) is 4.80. The van der Waals surface area contributed by atoms with Crippen molar-refractivity contribution in [1.29, 1.82) is 0 Å². The fourth-order valence-electron chi connectivity index (χ4n) is 1.74. The molecule has 92 valence electrons. The number of phenols is 1. The molecule has 0 saturated heterocycles. The number of phenolic OH excluding ortho intramolecular Hbond substituents is 1. The van der Waals surface area contributed by atoms with Crippen molar-refractivity contribution in [2.24, 2.45) is 0 Å². The maximum atomic E-state index is 11.2. The van der Waals surface area contributed by atoms with Gasteiger partial charge in [0.1, 0.15) is 11.5 Å². The van der Waals surface area contributed by atoms with E-state index in [0.717, 1.165) is 6.42 Å². The number of aromatic hydroxyl groups is 1. The molecule has 0 amide bonds. The summed E-state index contributed by atoms with van der Waals surface area (Å²) in [6.45, 7) is 2.58. The second kappa shape index (κ2) is 4.96. The molecule has 0 aromatic heterocycles. The first-order valence-corrected chi connectivity index (χ1v) is 6.18. The quantitative estimate of drug-likeness (QED) is 0.911. The standard InChI is InChI=1S/C12H13BrO4/c1-7(14)5-8-11(15)9(13)6-10-12(8)17-4-2-3-16-10/h6,15H,2-5H2,1H3. The molecule has 0 fully saturated rings. The Morgan fingerprint density at radius 3 is 2.88 bits per heavy atom. The maximum absolute atomic E-state index is 11.2. The molecular formula is C12H13BrO4. The lowest BCUT2D eigenvalue weighted by Gasteiger charge is -2.14. The molecule has 1 heterocycles.